The number of halogens is 1. The third-order valence-electron chi connectivity index (χ3n) is 1.83. The van der Waals surface area contributed by atoms with Crippen LogP contribution in [0.15, 0.2) is 24.3 Å². The fourth-order valence-corrected chi connectivity index (χ4v) is 1.24. The molecule has 0 aromatic heterocycles. The molecule has 0 aliphatic rings. The predicted octanol–water partition coefficient (Wildman–Crippen LogP) is 1.50. The van der Waals surface area contributed by atoms with Gasteiger partial charge in [0, 0.05) is 5.02 Å². The van der Waals surface area contributed by atoms with Crippen molar-refractivity contribution in [1.29, 1.82) is 0 Å². The molecular formula is C11H11ClNO2. The van der Waals surface area contributed by atoms with E-state index < -0.39 is 6.04 Å². The van der Waals surface area contributed by atoms with Gasteiger partial charge >= 0.3 is 0 Å². The van der Waals surface area contributed by atoms with Crippen molar-refractivity contribution in [2.45, 2.75) is 19.4 Å². The molecule has 1 aromatic rings. The first-order chi connectivity index (χ1) is 7.11. The molecule has 3 nitrogen and oxygen atoms in total. The van der Waals surface area contributed by atoms with Gasteiger partial charge in [-0.2, -0.15) is 0 Å². The van der Waals surface area contributed by atoms with Crippen LogP contribution in [0.1, 0.15) is 12.5 Å². The van der Waals surface area contributed by atoms with Crippen LogP contribution in [-0.4, -0.2) is 18.2 Å². The van der Waals surface area contributed by atoms with Crippen molar-refractivity contribution >= 4 is 23.8 Å². The van der Waals surface area contributed by atoms with Gasteiger partial charge in [-0.15, -0.1) is 0 Å². The minimum atomic E-state index is -0.565. The van der Waals surface area contributed by atoms with E-state index >= 15 is 0 Å². The second-order valence-corrected chi connectivity index (χ2v) is 3.65. The highest BCUT2D eigenvalue weighted by Gasteiger charge is 2.07. The van der Waals surface area contributed by atoms with Crippen molar-refractivity contribution < 1.29 is 9.59 Å². The highest BCUT2D eigenvalue weighted by molar-refractivity contribution is 6.30. The molecule has 0 saturated carbocycles. The highest BCUT2D eigenvalue weighted by Crippen LogP contribution is 2.09. The van der Waals surface area contributed by atoms with Gasteiger partial charge in [0.05, 0.1) is 12.5 Å². The Labute approximate surface area is 93.4 Å². The lowest BCUT2D eigenvalue weighted by molar-refractivity contribution is -0.120. The van der Waals surface area contributed by atoms with Gasteiger partial charge < -0.3 is 5.32 Å². The molecule has 0 aliphatic carbocycles. The standard InChI is InChI=1S/C11H11ClNO2/c1-8(7-14)13-11(15)6-9-2-4-10(12)5-3-9/h2-5,8H,6H2,1H3,(H,13,15)/t8-/m0/s1. The molecule has 1 N–H and O–H groups in total. The van der Waals surface area contributed by atoms with E-state index in [0.717, 1.165) is 5.56 Å². The second kappa shape index (κ2) is 5.51. The van der Waals surface area contributed by atoms with Crippen LogP contribution in [0.2, 0.25) is 5.02 Å². The van der Waals surface area contributed by atoms with E-state index in [0.29, 0.717) is 5.02 Å². The van der Waals surface area contributed by atoms with Gasteiger partial charge in [0.25, 0.3) is 0 Å². The molecule has 0 bridgehead atoms. The molecule has 1 radical (unpaired) electrons. The van der Waals surface area contributed by atoms with Gasteiger partial charge in [-0.05, 0) is 24.6 Å². The lowest BCUT2D eigenvalue weighted by Crippen LogP contribution is -2.34. The lowest BCUT2D eigenvalue weighted by atomic mass is 10.1. The molecule has 0 spiro atoms. The van der Waals surface area contributed by atoms with Crippen molar-refractivity contribution in [3.05, 3.63) is 34.9 Å². The highest BCUT2D eigenvalue weighted by atomic mass is 35.5. The van der Waals surface area contributed by atoms with Crippen LogP contribution in [0.3, 0.4) is 0 Å². The molecule has 1 rings (SSSR count). The van der Waals surface area contributed by atoms with E-state index in [4.69, 9.17) is 11.6 Å². The molecule has 0 saturated heterocycles. The molecular weight excluding hydrogens is 214 g/mol. The molecule has 1 amide bonds. The van der Waals surface area contributed by atoms with Gasteiger partial charge in [-0.3, -0.25) is 9.59 Å². The van der Waals surface area contributed by atoms with E-state index in [-0.39, 0.29) is 12.3 Å². The van der Waals surface area contributed by atoms with Crippen LogP contribution in [0.25, 0.3) is 0 Å². The van der Waals surface area contributed by atoms with E-state index in [1.807, 2.05) is 0 Å². The molecule has 0 heterocycles. The summed E-state index contributed by atoms with van der Waals surface area (Å²) in [5.74, 6) is -0.201. The molecule has 0 unspecified atom stereocenters. The zero-order chi connectivity index (χ0) is 11.3. The summed E-state index contributed by atoms with van der Waals surface area (Å²) in [6.45, 7) is 1.58. The Hall–Kier alpha value is -1.35. The van der Waals surface area contributed by atoms with Gasteiger partial charge in [-0.25, -0.2) is 0 Å². The largest absolute Gasteiger partial charge is 0.346 e. The quantitative estimate of drug-likeness (QED) is 0.843. The maximum Gasteiger partial charge on any atom is 0.225 e. The SMILES string of the molecule is C[C@@H]([C]=O)NC(=O)Cc1ccc(Cl)cc1. The summed E-state index contributed by atoms with van der Waals surface area (Å²) in [6, 6.07) is 6.43. The second-order valence-electron chi connectivity index (χ2n) is 3.21. The lowest BCUT2D eigenvalue weighted by Gasteiger charge is -2.06. The van der Waals surface area contributed by atoms with E-state index in [2.05, 4.69) is 5.32 Å². The van der Waals surface area contributed by atoms with E-state index in [1.54, 1.807) is 37.5 Å². The molecule has 15 heavy (non-hydrogen) atoms. The van der Waals surface area contributed by atoms with Crippen molar-refractivity contribution in [3.63, 3.8) is 0 Å². The minimum Gasteiger partial charge on any atom is -0.346 e. The van der Waals surface area contributed by atoms with E-state index in [9.17, 15) is 9.59 Å². The maximum absolute atomic E-state index is 11.3. The zero-order valence-corrected chi connectivity index (χ0v) is 9.04. The minimum absolute atomic E-state index is 0.201. The van der Waals surface area contributed by atoms with Gasteiger partial charge in [0.1, 0.15) is 0 Å². The summed E-state index contributed by atoms with van der Waals surface area (Å²) in [7, 11) is 0. The Kier molecular flexibility index (Phi) is 4.31. The molecule has 4 heteroatoms. The average Bonchev–Trinajstić information content (AvgIpc) is 2.21. The summed E-state index contributed by atoms with van der Waals surface area (Å²) in [4.78, 5) is 21.5. The van der Waals surface area contributed by atoms with Crippen molar-refractivity contribution in [1.82, 2.24) is 5.32 Å². The first-order valence-corrected chi connectivity index (χ1v) is 4.91. The summed E-state index contributed by atoms with van der Waals surface area (Å²) in [5.41, 5.74) is 0.856. The summed E-state index contributed by atoms with van der Waals surface area (Å²) in [5, 5.41) is 3.13. The van der Waals surface area contributed by atoms with Crippen LogP contribution in [0.4, 0.5) is 0 Å². The third kappa shape index (κ3) is 4.13. The summed E-state index contributed by atoms with van der Waals surface area (Å²) >= 11 is 5.70. The topological polar surface area (TPSA) is 46.2 Å². The molecule has 1 aromatic carbocycles. The number of hydrogen-bond donors (Lipinski definition) is 1. The summed E-state index contributed by atoms with van der Waals surface area (Å²) in [6.07, 6.45) is 1.93. The number of rotatable bonds is 4. The maximum atomic E-state index is 11.3. The van der Waals surface area contributed by atoms with Gasteiger partial charge in [0.15, 0.2) is 0 Å². The monoisotopic (exact) mass is 224 g/mol. The number of hydrogen-bond acceptors (Lipinski definition) is 2. The van der Waals surface area contributed by atoms with Crippen LogP contribution in [-0.2, 0) is 16.0 Å². The van der Waals surface area contributed by atoms with Crippen LogP contribution >= 0.6 is 11.6 Å². The van der Waals surface area contributed by atoms with Gasteiger partial charge in [-0.1, -0.05) is 23.7 Å². The normalized spacial score (nSPS) is 11.9. The Morgan fingerprint density at radius 2 is 2.07 bits per heavy atom. The Balaban J connectivity index is 2.51. The van der Waals surface area contributed by atoms with Crippen LogP contribution in [0.5, 0.6) is 0 Å². The number of benzene rings is 1. The van der Waals surface area contributed by atoms with Crippen molar-refractivity contribution in [2.75, 3.05) is 0 Å². The number of carbonyl (C=O) groups is 1. The number of carbonyl (C=O) groups excluding carboxylic acids is 2. The first kappa shape index (κ1) is 11.7. The zero-order valence-electron chi connectivity index (χ0n) is 8.29. The Morgan fingerprint density at radius 1 is 1.47 bits per heavy atom. The Bertz CT molecular complexity index is 348. The van der Waals surface area contributed by atoms with Crippen LogP contribution < -0.4 is 5.32 Å². The van der Waals surface area contributed by atoms with Crippen molar-refractivity contribution in [2.24, 2.45) is 0 Å². The van der Waals surface area contributed by atoms with Gasteiger partial charge in [0.2, 0.25) is 12.2 Å². The predicted molar refractivity (Wildman–Crippen MR) is 58.5 cm³/mol. The third-order valence-corrected chi connectivity index (χ3v) is 2.08. The smallest absolute Gasteiger partial charge is 0.225 e. The van der Waals surface area contributed by atoms with Crippen LogP contribution in [0, 0.1) is 0 Å². The van der Waals surface area contributed by atoms with E-state index in [1.165, 1.54) is 0 Å². The first-order valence-electron chi connectivity index (χ1n) is 4.53. The molecule has 79 valence electrons. The van der Waals surface area contributed by atoms with Crippen molar-refractivity contribution in [3.8, 4) is 0 Å². The molecule has 0 fully saturated rings. The fraction of sp³-hybridized carbons (Fsp3) is 0.273. The average molecular weight is 225 g/mol. The molecule has 1 atom stereocenters. The summed E-state index contributed by atoms with van der Waals surface area (Å²) < 4.78 is 0. The fourth-order valence-electron chi connectivity index (χ4n) is 1.11. The number of nitrogens with one attached hydrogen (secondary N) is 1. The molecule has 0 aliphatic heterocycles. The number of amides is 1. The Morgan fingerprint density at radius 3 is 2.60 bits per heavy atom.